The zero-order chi connectivity index (χ0) is 24.5. The third-order valence-corrected chi connectivity index (χ3v) is 7.75. The number of hydrogen-bond acceptors (Lipinski definition) is 3. The van der Waals surface area contributed by atoms with E-state index >= 15 is 0 Å². The quantitative estimate of drug-likeness (QED) is 0.252. The number of anilines is 1. The second-order valence-corrected chi connectivity index (χ2v) is 10.2. The fourth-order valence-electron chi connectivity index (χ4n) is 4.83. The van der Waals surface area contributed by atoms with E-state index in [1.165, 1.54) is 33.7 Å². The summed E-state index contributed by atoms with van der Waals surface area (Å²) >= 11 is 1.52. The van der Waals surface area contributed by atoms with Crippen LogP contribution in [-0.2, 0) is 17.8 Å². The van der Waals surface area contributed by atoms with Gasteiger partial charge in [-0.15, -0.1) is 0 Å². The summed E-state index contributed by atoms with van der Waals surface area (Å²) in [6.45, 7) is 2.91. The van der Waals surface area contributed by atoms with E-state index in [2.05, 4.69) is 119 Å². The highest BCUT2D eigenvalue weighted by atomic mass is 32.2. The number of rotatable bonds is 6. The van der Waals surface area contributed by atoms with Crippen LogP contribution >= 0.6 is 11.8 Å². The second-order valence-electron chi connectivity index (χ2n) is 9.04. The number of benzene rings is 4. The average molecular weight is 490 g/mol. The lowest BCUT2D eigenvalue weighted by molar-refractivity contribution is -0.116. The smallest absolute Gasteiger partial charge is 0.260 e. The van der Waals surface area contributed by atoms with Gasteiger partial charge in [-0.3, -0.25) is 4.79 Å². The van der Waals surface area contributed by atoms with Crippen LogP contribution in [0.2, 0.25) is 0 Å². The van der Waals surface area contributed by atoms with E-state index < -0.39 is 0 Å². The SMILES string of the molecule is CCc1ccc(N[C@H]2NC(=O)/C(=C/c3cn(Cc4cccc5ccccc45)c4ccccc34)S2)cc1. The van der Waals surface area contributed by atoms with Crippen LogP contribution in [0, 0.1) is 0 Å². The first-order valence-corrected chi connectivity index (χ1v) is 13.1. The maximum Gasteiger partial charge on any atom is 0.260 e. The highest BCUT2D eigenvalue weighted by Crippen LogP contribution is 2.33. The number of nitrogens with zero attached hydrogens (tertiary/aromatic N) is 1. The number of thioether (sulfide) groups is 1. The number of nitrogens with one attached hydrogen (secondary N) is 2. The first-order chi connectivity index (χ1) is 17.7. The summed E-state index contributed by atoms with van der Waals surface area (Å²) in [5, 5.41) is 10.1. The van der Waals surface area contributed by atoms with Crippen molar-refractivity contribution in [2.45, 2.75) is 25.4 Å². The van der Waals surface area contributed by atoms with Crippen molar-refractivity contribution in [3.05, 3.63) is 119 Å². The normalized spacial score (nSPS) is 16.6. The van der Waals surface area contributed by atoms with Crippen molar-refractivity contribution in [2.24, 2.45) is 0 Å². The first-order valence-electron chi connectivity index (χ1n) is 12.3. The zero-order valence-electron chi connectivity index (χ0n) is 20.1. The van der Waals surface area contributed by atoms with E-state index in [1.807, 2.05) is 6.08 Å². The molecule has 178 valence electrons. The molecular formula is C31H27N3OS. The van der Waals surface area contributed by atoms with Gasteiger partial charge in [0.1, 0.15) is 0 Å². The summed E-state index contributed by atoms with van der Waals surface area (Å²) in [7, 11) is 0. The number of aromatic nitrogens is 1. The van der Waals surface area contributed by atoms with Gasteiger partial charge >= 0.3 is 0 Å². The van der Waals surface area contributed by atoms with Gasteiger partial charge in [-0.1, -0.05) is 91.5 Å². The topological polar surface area (TPSA) is 46.1 Å². The van der Waals surface area contributed by atoms with Crippen molar-refractivity contribution >= 4 is 51.1 Å². The van der Waals surface area contributed by atoms with E-state index in [0.717, 1.165) is 35.1 Å². The number of fused-ring (bicyclic) bond motifs is 2. The summed E-state index contributed by atoms with van der Waals surface area (Å²) < 4.78 is 2.28. The molecule has 0 radical (unpaired) electrons. The number of aryl methyl sites for hydroxylation is 1. The van der Waals surface area contributed by atoms with Crippen LogP contribution in [-0.4, -0.2) is 16.0 Å². The molecule has 1 fully saturated rings. The molecule has 4 aromatic carbocycles. The molecule has 1 aliphatic heterocycles. The van der Waals surface area contributed by atoms with Gasteiger partial charge in [-0.05, 0) is 52.6 Å². The van der Waals surface area contributed by atoms with Crippen LogP contribution in [0.15, 0.2) is 102 Å². The molecule has 1 aliphatic rings. The molecule has 4 nitrogen and oxygen atoms in total. The Balaban J connectivity index is 1.29. The van der Waals surface area contributed by atoms with Crippen LogP contribution < -0.4 is 10.6 Å². The van der Waals surface area contributed by atoms with Gasteiger partial charge < -0.3 is 15.2 Å². The highest BCUT2D eigenvalue weighted by molar-refractivity contribution is 8.05. The van der Waals surface area contributed by atoms with Crippen molar-refractivity contribution in [1.82, 2.24) is 9.88 Å². The predicted octanol–water partition coefficient (Wildman–Crippen LogP) is 7.00. The molecule has 2 N–H and O–H groups in total. The molecule has 1 saturated heterocycles. The molecule has 0 saturated carbocycles. The molecule has 6 rings (SSSR count). The Hall–Kier alpha value is -3.96. The van der Waals surface area contributed by atoms with Crippen molar-refractivity contribution in [3.8, 4) is 0 Å². The lowest BCUT2D eigenvalue weighted by Gasteiger charge is -2.12. The standard InChI is InChI=1S/C31H27N3OS/c1-2-21-14-16-25(17-15-21)32-31-33-30(35)29(36-31)18-24-20-34(28-13-6-5-12-27(24)28)19-23-10-7-9-22-8-3-4-11-26(22)23/h3-18,20,31-32H,2,19H2,1H3,(H,33,35)/b29-18-/t31-/m0/s1. The van der Waals surface area contributed by atoms with Crippen molar-refractivity contribution in [3.63, 3.8) is 0 Å². The van der Waals surface area contributed by atoms with Crippen molar-refractivity contribution < 1.29 is 4.79 Å². The van der Waals surface area contributed by atoms with Gasteiger partial charge in [0.25, 0.3) is 5.91 Å². The number of amides is 1. The molecular weight excluding hydrogens is 462 g/mol. The number of carbonyl (C=O) groups is 1. The molecule has 0 spiro atoms. The number of carbonyl (C=O) groups excluding carboxylic acids is 1. The Morgan fingerprint density at radius 1 is 0.917 bits per heavy atom. The van der Waals surface area contributed by atoms with Crippen LogP contribution in [0.1, 0.15) is 23.6 Å². The Labute approximate surface area is 215 Å². The Bertz CT molecular complexity index is 1590. The molecule has 5 aromatic rings. The van der Waals surface area contributed by atoms with Gasteiger partial charge in [0.05, 0.1) is 4.91 Å². The molecule has 2 heterocycles. The molecule has 5 heteroatoms. The molecule has 36 heavy (non-hydrogen) atoms. The minimum atomic E-state index is -0.194. The van der Waals surface area contributed by atoms with Crippen molar-refractivity contribution in [2.75, 3.05) is 5.32 Å². The fourth-order valence-corrected chi connectivity index (χ4v) is 5.81. The third kappa shape index (κ3) is 4.38. The van der Waals surface area contributed by atoms with E-state index in [-0.39, 0.29) is 11.4 Å². The molecule has 1 atom stereocenters. The van der Waals surface area contributed by atoms with E-state index in [4.69, 9.17) is 0 Å². The fraction of sp³-hybridized carbons (Fsp3) is 0.129. The molecule has 0 bridgehead atoms. The molecule has 1 aromatic heterocycles. The average Bonchev–Trinajstić information content (AvgIpc) is 3.44. The minimum Gasteiger partial charge on any atom is -0.357 e. The van der Waals surface area contributed by atoms with E-state index in [0.29, 0.717) is 4.91 Å². The first kappa shape index (κ1) is 22.5. The van der Waals surface area contributed by atoms with Gasteiger partial charge in [0, 0.05) is 34.9 Å². The summed E-state index contributed by atoms with van der Waals surface area (Å²) in [5.74, 6) is -0.0476. The number of para-hydroxylation sites is 1. The zero-order valence-corrected chi connectivity index (χ0v) is 20.9. The lowest BCUT2D eigenvalue weighted by Crippen LogP contribution is -2.30. The molecule has 0 unspecified atom stereocenters. The predicted molar refractivity (Wildman–Crippen MR) is 152 cm³/mol. The van der Waals surface area contributed by atoms with Crippen molar-refractivity contribution in [1.29, 1.82) is 0 Å². The Kier molecular flexibility index (Phi) is 5.99. The third-order valence-electron chi connectivity index (χ3n) is 6.72. The Morgan fingerprint density at radius 2 is 1.67 bits per heavy atom. The minimum absolute atomic E-state index is 0.0476. The lowest BCUT2D eigenvalue weighted by atomic mass is 10.0. The monoisotopic (exact) mass is 489 g/mol. The summed E-state index contributed by atoms with van der Waals surface area (Å²) in [4.78, 5) is 13.5. The van der Waals surface area contributed by atoms with E-state index in [9.17, 15) is 4.79 Å². The second kappa shape index (κ2) is 9.59. The summed E-state index contributed by atoms with van der Waals surface area (Å²) in [5.41, 5.74) is 5.59. The van der Waals surface area contributed by atoms with E-state index in [1.54, 1.807) is 0 Å². The van der Waals surface area contributed by atoms with Crippen LogP contribution in [0.4, 0.5) is 5.69 Å². The van der Waals surface area contributed by atoms with Gasteiger partial charge in [0.15, 0.2) is 5.50 Å². The highest BCUT2D eigenvalue weighted by Gasteiger charge is 2.27. The van der Waals surface area contributed by atoms with Crippen LogP contribution in [0.25, 0.3) is 27.8 Å². The maximum absolute atomic E-state index is 12.8. The molecule has 1 amide bonds. The summed E-state index contributed by atoms with van der Waals surface area (Å²) in [6, 6.07) is 31.7. The maximum atomic E-state index is 12.8. The van der Waals surface area contributed by atoms with Gasteiger partial charge in [-0.25, -0.2) is 0 Å². The van der Waals surface area contributed by atoms with Gasteiger partial charge in [0.2, 0.25) is 0 Å². The Morgan fingerprint density at radius 3 is 2.50 bits per heavy atom. The van der Waals surface area contributed by atoms with Crippen LogP contribution in [0.5, 0.6) is 0 Å². The summed E-state index contributed by atoms with van der Waals surface area (Å²) in [6.07, 6.45) is 5.19. The van der Waals surface area contributed by atoms with Gasteiger partial charge in [-0.2, -0.15) is 0 Å². The molecule has 0 aliphatic carbocycles. The largest absolute Gasteiger partial charge is 0.357 e. The number of hydrogen-bond donors (Lipinski definition) is 2. The van der Waals surface area contributed by atoms with Crippen LogP contribution in [0.3, 0.4) is 0 Å².